The summed E-state index contributed by atoms with van der Waals surface area (Å²) in [6, 6.07) is 22.7. The van der Waals surface area contributed by atoms with E-state index in [2.05, 4.69) is 35.7 Å². The Morgan fingerprint density at radius 2 is 1.73 bits per heavy atom. The number of allylic oxidation sites excluding steroid dienone is 1. The van der Waals surface area contributed by atoms with Crippen molar-refractivity contribution < 1.29 is 14.0 Å². The number of nitrogens with one attached hydrogen (secondary N) is 1. The van der Waals surface area contributed by atoms with E-state index in [0.29, 0.717) is 34.1 Å². The topological polar surface area (TPSA) is 76.4 Å². The molecular weight excluding hydrogens is 582 g/mol. The summed E-state index contributed by atoms with van der Waals surface area (Å²) in [5, 5.41) is 4.27. The smallest absolute Gasteiger partial charge is 0.287 e. The maximum Gasteiger partial charge on any atom is 0.287 e. The molecule has 1 heterocycles. The van der Waals surface area contributed by atoms with Crippen LogP contribution in [0.25, 0.3) is 11.0 Å². The Kier molecular flexibility index (Phi) is 9.65. The summed E-state index contributed by atoms with van der Waals surface area (Å²) in [4.78, 5) is 38.8. The molecule has 3 aromatic carbocycles. The van der Waals surface area contributed by atoms with Crippen molar-refractivity contribution in [3.8, 4) is 0 Å². The van der Waals surface area contributed by atoms with Crippen LogP contribution in [0.15, 0.2) is 93.7 Å². The summed E-state index contributed by atoms with van der Waals surface area (Å²) in [6.07, 6.45) is 11.5. The van der Waals surface area contributed by atoms with Crippen molar-refractivity contribution in [3.63, 3.8) is 0 Å². The first-order valence-corrected chi connectivity index (χ1v) is 16.6. The van der Waals surface area contributed by atoms with Crippen molar-refractivity contribution in [2.24, 2.45) is 5.92 Å². The van der Waals surface area contributed by atoms with Gasteiger partial charge in [0.15, 0.2) is 11.2 Å². The molecule has 0 spiro atoms. The van der Waals surface area contributed by atoms with Crippen LogP contribution in [-0.4, -0.2) is 17.7 Å². The van der Waals surface area contributed by atoms with E-state index >= 15 is 0 Å². The number of Topliss-reactive ketones (excluding diaryl/α,β-unsaturated/α-hetero) is 1. The van der Waals surface area contributed by atoms with E-state index in [0.717, 1.165) is 68.9 Å². The Labute approximate surface area is 269 Å². The van der Waals surface area contributed by atoms with Crippen molar-refractivity contribution in [3.05, 3.63) is 128 Å². The first-order chi connectivity index (χ1) is 21.8. The molecule has 5 nitrogen and oxygen atoms in total. The Hall–Kier alpha value is -3.96. The third-order valence-electron chi connectivity index (χ3n) is 9.50. The molecule has 2 fully saturated rings. The van der Waals surface area contributed by atoms with Crippen LogP contribution in [0.4, 0.5) is 0 Å². The number of benzene rings is 3. The van der Waals surface area contributed by atoms with E-state index in [1.54, 1.807) is 12.1 Å². The lowest BCUT2D eigenvalue weighted by Crippen LogP contribution is -2.36. The second-order valence-electron chi connectivity index (χ2n) is 12.8. The van der Waals surface area contributed by atoms with Crippen LogP contribution in [0.2, 0.25) is 5.02 Å². The standard InChI is InChI=1S/C39H40ClNO4/c1-25-10-19-37-34(20-25)36(43)24-38(45-37)39(44)41-32(22-27-13-17-31(40)18-14-27)21-26-11-15-28(16-12-26)33-8-4-2-6-29(33)23-30-7-3-5-9-35(30)42/h2,4,6,8,10,13-14,17-21,24,28,30,32H,3,5,7,9,11-12,15-16,22-23H2,1H3,(H,41,44). The minimum atomic E-state index is -0.412. The van der Waals surface area contributed by atoms with Gasteiger partial charge in [-0.15, -0.1) is 0 Å². The van der Waals surface area contributed by atoms with Crippen molar-refractivity contribution >= 4 is 34.3 Å². The normalized spacial score (nSPS) is 19.3. The van der Waals surface area contributed by atoms with Gasteiger partial charge in [0.1, 0.15) is 11.4 Å². The Morgan fingerprint density at radius 1 is 0.956 bits per heavy atom. The van der Waals surface area contributed by atoms with Crippen molar-refractivity contribution in [1.82, 2.24) is 5.32 Å². The molecule has 232 valence electrons. The third-order valence-corrected chi connectivity index (χ3v) is 9.75. The number of ketones is 1. The number of hydrogen-bond acceptors (Lipinski definition) is 4. The van der Waals surface area contributed by atoms with E-state index < -0.39 is 5.91 Å². The summed E-state index contributed by atoms with van der Waals surface area (Å²) in [5.74, 6) is 0.638. The fourth-order valence-electron chi connectivity index (χ4n) is 7.05. The molecule has 0 bridgehead atoms. The molecule has 0 saturated heterocycles. The van der Waals surface area contributed by atoms with Gasteiger partial charge < -0.3 is 9.73 Å². The fraction of sp³-hybridized carbons (Fsp3) is 0.359. The largest absolute Gasteiger partial charge is 0.451 e. The summed E-state index contributed by atoms with van der Waals surface area (Å²) >= 11 is 6.14. The van der Waals surface area contributed by atoms with Crippen molar-refractivity contribution in [2.75, 3.05) is 0 Å². The van der Waals surface area contributed by atoms with Gasteiger partial charge >= 0.3 is 0 Å². The Morgan fingerprint density at radius 3 is 2.51 bits per heavy atom. The molecular formula is C39H40ClNO4. The minimum absolute atomic E-state index is 0.00706. The number of fused-ring (bicyclic) bond motifs is 1. The summed E-state index contributed by atoms with van der Waals surface area (Å²) < 4.78 is 5.88. The Balaban J connectivity index is 1.18. The van der Waals surface area contributed by atoms with E-state index in [9.17, 15) is 14.4 Å². The molecule has 2 atom stereocenters. The van der Waals surface area contributed by atoms with Gasteiger partial charge in [0.2, 0.25) is 0 Å². The third kappa shape index (κ3) is 7.65. The van der Waals surface area contributed by atoms with E-state index in [1.165, 1.54) is 22.8 Å². The van der Waals surface area contributed by atoms with Crippen LogP contribution in [0, 0.1) is 12.8 Å². The zero-order chi connectivity index (χ0) is 31.3. The molecule has 2 unspecified atom stereocenters. The second-order valence-corrected chi connectivity index (χ2v) is 13.2. The molecule has 4 aromatic rings. The average Bonchev–Trinajstić information content (AvgIpc) is 3.04. The first kappa shape index (κ1) is 31.0. The number of carbonyl (C=O) groups is 2. The lowest BCUT2D eigenvalue weighted by atomic mass is 9.76. The molecule has 2 saturated carbocycles. The fourth-order valence-corrected chi connectivity index (χ4v) is 7.18. The van der Waals surface area contributed by atoms with Gasteiger partial charge in [0, 0.05) is 23.4 Å². The highest BCUT2D eigenvalue weighted by molar-refractivity contribution is 6.30. The number of rotatable bonds is 8. The van der Waals surface area contributed by atoms with Gasteiger partial charge in [-0.3, -0.25) is 14.4 Å². The SMILES string of the molecule is Cc1ccc2oc(C(=O)NC(C=C3CCC(c4ccccc4CC4CCCCC4=O)CC3)Cc3ccc(Cl)cc3)cc(=O)c2c1. The highest BCUT2D eigenvalue weighted by Crippen LogP contribution is 2.38. The molecule has 45 heavy (non-hydrogen) atoms. The van der Waals surface area contributed by atoms with Gasteiger partial charge in [0.05, 0.1) is 11.4 Å². The summed E-state index contributed by atoms with van der Waals surface area (Å²) in [6.45, 7) is 1.92. The number of halogens is 1. The van der Waals surface area contributed by atoms with Gasteiger partial charge in [0.25, 0.3) is 5.91 Å². The molecule has 0 radical (unpaired) electrons. The lowest BCUT2D eigenvalue weighted by Gasteiger charge is -2.29. The number of hydrogen-bond donors (Lipinski definition) is 1. The highest BCUT2D eigenvalue weighted by atomic mass is 35.5. The minimum Gasteiger partial charge on any atom is -0.451 e. The number of amides is 1. The van der Waals surface area contributed by atoms with Crippen LogP contribution >= 0.6 is 11.6 Å². The maximum atomic E-state index is 13.4. The highest BCUT2D eigenvalue weighted by Gasteiger charge is 2.26. The molecule has 1 amide bonds. The molecule has 1 aromatic heterocycles. The van der Waals surface area contributed by atoms with Gasteiger partial charge in [-0.05, 0) is 105 Å². The molecule has 6 rings (SSSR count). The number of aryl methyl sites for hydroxylation is 1. The van der Waals surface area contributed by atoms with Crippen LogP contribution in [0.1, 0.15) is 90.1 Å². The lowest BCUT2D eigenvalue weighted by molar-refractivity contribution is -0.124. The summed E-state index contributed by atoms with van der Waals surface area (Å²) in [7, 11) is 0. The molecule has 2 aliphatic rings. The zero-order valence-electron chi connectivity index (χ0n) is 25.8. The zero-order valence-corrected chi connectivity index (χ0v) is 26.6. The monoisotopic (exact) mass is 621 g/mol. The van der Waals surface area contributed by atoms with Crippen LogP contribution < -0.4 is 10.7 Å². The predicted octanol–water partition coefficient (Wildman–Crippen LogP) is 8.68. The van der Waals surface area contributed by atoms with Gasteiger partial charge in [-0.1, -0.05) is 77.7 Å². The van der Waals surface area contributed by atoms with Crippen LogP contribution in [0.3, 0.4) is 0 Å². The van der Waals surface area contributed by atoms with Crippen molar-refractivity contribution in [1.29, 1.82) is 0 Å². The molecule has 2 aliphatic carbocycles. The molecule has 0 aliphatic heterocycles. The van der Waals surface area contributed by atoms with Crippen LogP contribution in [0.5, 0.6) is 0 Å². The molecule has 1 N–H and O–H groups in total. The van der Waals surface area contributed by atoms with E-state index in [1.807, 2.05) is 37.3 Å². The van der Waals surface area contributed by atoms with Gasteiger partial charge in [-0.2, -0.15) is 0 Å². The quantitative estimate of drug-likeness (QED) is 0.200. The van der Waals surface area contributed by atoms with E-state index in [4.69, 9.17) is 16.0 Å². The van der Waals surface area contributed by atoms with Gasteiger partial charge in [-0.25, -0.2) is 0 Å². The predicted molar refractivity (Wildman–Crippen MR) is 180 cm³/mol. The maximum absolute atomic E-state index is 13.4. The number of carbonyl (C=O) groups excluding carboxylic acids is 2. The first-order valence-electron chi connectivity index (χ1n) is 16.2. The van der Waals surface area contributed by atoms with Crippen LogP contribution in [-0.2, 0) is 17.6 Å². The average molecular weight is 622 g/mol. The molecule has 6 heteroatoms. The van der Waals surface area contributed by atoms with E-state index in [-0.39, 0.29) is 23.1 Å². The Bertz CT molecular complexity index is 1780. The summed E-state index contributed by atoms with van der Waals surface area (Å²) in [5.41, 5.74) is 6.22. The second kappa shape index (κ2) is 14.0. The van der Waals surface area contributed by atoms with Crippen molar-refractivity contribution in [2.45, 2.75) is 83.1 Å².